The van der Waals surface area contributed by atoms with Crippen LogP contribution in [0.1, 0.15) is 18.1 Å². The van der Waals surface area contributed by atoms with Gasteiger partial charge >= 0.3 is 0 Å². The lowest BCUT2D eigenvalue weighted by atomic mass is 9.87. The van der Waals surface area contributed by atoms with Gasteiger partial charge in [-0.2, -0.15) is 0 Å². The molecular formula is C14H8F6O. The predicted molar refractivity (Wildman–Crippen MR) is 61.3 cm³/mol. The first-order valence-corrected chi connectivity index (χ1v) is 5.68. The van der Waals surface area contributed by atoms with E-state index >= 15 is 0 Å². The molecule has 0 aliphatic rings. The molecule has 0 aliphatic carbocycles. The number of benzene rings is 2. The van der Waals surface area contributed by atoms with Gasteiger partial charge in [0.1, 0.15) is 11.4 Å². The topological polar surface area (TPSA) is 20.2 Å². The van der Waals surface area contributed by atoms with Gasteiger partial charge in [0.05, 0.1) is 5.56 Å². The summed E-state index contributed by atoms with van der Waals surface area (Å²) in [5.41, 5.74) is -4.16. The molecule has 0 spiro atoms. The molecule has 0 radical (unpaired) electrons. The van der Waals surface area contributed by atoms with Crippen LogP contribution in [0.3, 0.4) is 0 Å². The summed E-state index contributed by atoms with van der Waals surface area (Å²) in [4.78, 5) is 0. The van der Waals surface area contributed by atoms with E-state index in [-0.39, 0.29) is 5.56 Å². The van der Waals surface area contributed by atoms with Crippen molar-refractivity contribution < 1.29 is 31.4 Å². The minimum Gasteiger partial charge on any atom is -0.380 e. The number of hydrogen-bond acceptors (Lipinski definition) is 1. The maximum absolute atomic E-state index is 13.7. The highest BCUT2D eigenvalue weighted by molar-refractivity contribution is 5.38. The molecule has 1 unspecified atom stereocenters. The van der Waals surface area contributed by atoms with Crippen molar-refractivity contribution in [2.45, 2.75) is 12.5 Å². The van der Waals surface area contributed by atoms with Crippen LogP contribution in [0.25, 0.3) is 0 Å². The third kappa shape index (κ3) is 2.37. The minimum atomic E-state index is -2.53. The smallest absolute Gasteiger partial charge is 0.200 e. The largest absolute Gasteiger partial charge is 0.380 e. The van der Waals surface area contributed by atoms with Crippen molar-refractivity contribution in [1.82, 2.24) is 0 Å². The van der Waals surface area contributed by atoms with Crippen molar-refractivity contribution in [2.24, 2.45) is 0 Å². The fourth-order valence-electron chi connectivity index (χ4n) is 1.95. The van der Waals surface area contributed by atoms with Crippen molar-refractivity contribution in [3.05, 3.63) is 70.3 Å². The fraction of sp³-hybridized carbons (Fsp3) is 0.143. The van der Waals surface area contributed by atoms with Crippen LogP contribution in [-0.4, -0.2) is 5.11 Å². The molecule has 0 fully saturated rings. The Labute approximate surface area is 115 Å². The van der Waals surface area contributed by atoms with E-state index in [1.807, 2.05) is 0 Å². The van der Waals surface area contributed by atoms with Crippen LogP contribution < -0.4 is 0 Å². The van der Waals surface area contributed by atoms with E-state index in [4.69, 9.17) is 0 Å². The van der Waals surface area contributed by atoms with Crippen LogP contribution in [0.4, 0.5) is 26.3 Å². The van der Waals surface area contributed by atoms with Gasteiger partial charge in [-0.3, -0.25) is 0 Å². The Hall–Kier alpha value is -2.02. The normalized spacial score (nSPS) is 14.1. The lowest BCUT2D eigenvalue weighted by molar-refractivity contribution is 0.0903. The molecular weight excluding hydrogens is 298 g/mol. The van der Waals surface area contributed by atoms with E-state index in [2.05, 4.69) is 0 Å². The lowest BCUT2D eigenvalue weighted by Crippen LogP contribution is -2.28. The fourth-order valence-corrected chi connectivity index (χ4v) is 1.95. The molecule has 0 aromatic heterocycles. The monoisotopic (exact) mass is 306 g/mol. The Morgan fingerprint density at radius 2 is 1.10 bits per heavy atom. The van der Waals surface area contributed by atoms with Crippen LogP contribution in [0.5, 0.6) is 0 Å². The highest BCUT2D eigenvalue weighted by atomic mass is 19.2. The van der Waals surface area contributed by atoms with Gasteiger partial charge in [-0.1, -0.05) is 12.1 Å². The number of hydrogen-bond donors (Lipinski definition) is 1. The highest BCUT2D eigenvalue weighted by Crippen LogP contribution is 2.35. The first-order chi connectivity index (χ1) is 9.67. The Morgan fingerprint density at radius 1 is 0.714 bits per heavy atom. The average Bonchev–Trinajstić information content (AvgIpc) is 2.43. The van der Waals surface area contributed by atoms with Gasteiger partial charge in [-0.05, 0) is 24.6 Å². The van der Waals surface area contributed by atoms with Crippen molar-refractivity contribution >= 4 is 0 Å². The average molecular weight is 306 g/mol. The summed E-state index contributed by atoms with van der Waals surface area (Å²) in [5, 5.41) is 10.2. The van der Waals surface area contributed by atoms with Crippen LogP contribution >= 0.6 is 0 Å². The molecule has 0 saturated heterocycles. The Kier molecular flexibility index (Phi) is 3.71. The molecule has 0 aliphatic heterocycles. The van der Waals surface area contributed by atoms with Crippen molar-refractivity contribution in [3.8, 4) is 0 Å². The molecule has 112 valence electrons. The minimum absolute atomic E-state index is 0.230. The molecule has 7 heteroatoms. The zero-order chi connectivity index (χ0) is 15.9. The zero-order valence-electron chi connectivity index (χ0n) is 10.5. The van der Waals surface area contributed by atoms with Gasteiger partial charge in [0, 0.05) is 0 Å². The highest BCUT2D eigenvalue weighted by Gasteiger charge is 2.37. The molecule has 0 bridgehead atoms. The number of halogens is 6. The third-order valence-electron chi connectivity index (χ3n) is 3.10. The summed E-state index contributed by atoms with van der Waals surface area (Å²) in [5.74, 6) is -11.6. The molecule has 2 aromatic rings. The molecule has 21 heavy (non-hydrogen) atoms. The zero-order valence-corrected chi connectivity index (χ0v) is 10.5. The van der Waals surface area contributed by atoms with Gasteiger partial charge in [0.15, 0.2) is 23.3 Å². The standard InChI is InChI=1S/C14H8F6O/c1-14(21,6-2-4-7(15)5-3-6)8-9(16)11(18)13(20)12(19)10(8)17/h2-5,21H,1H3. The summed E-state index contributed by atoms with van der Waals surface area (Å²) in [6.07, 6.45) is 0. The van der Waals surface area contributed by atoms with Gasteiger partial charge in [-0.25, -0.2) is 26.3 Å². The van der Waals surface area contributed by atoms with E-state index in [1.165, 1.54) is 0 Å². The maximum Gasteiger partial charge on any atom is 0.200 e. The Morgan fingerprint density at radius 3 is 1.52 bits per heavy atom. The quantitative estimate of drug-likeness (QED) is 0.508. The second-order valence-electron chi connectivity index (χ2n) is 4.52. The van der Waals surface area contributed by atoms with E-state index in [9.17, 15) is 31.4 Å². The van der Waals surface area contributed by atoms with Crippen LogP contribution in [0.15, 0.2) is 24.3 Å². The summed E-state index contributed by atoms with van der Waals surface area (Å²) in [7, 11) is 0. The number of aliphatic hydroxyl groups is 1. The molecule has 1 nitrogen and oxygen atoms in total. The summed E-state index contributed by atoms with van der Waals surface area (Å²) in [6, 6.07) is 3.73. The van der Waals surface area contributed by atoms with E-state index in [0.717, 1.165) is 31.2 Å². The van der Waals surface area contributed by atoms with Gasteiger partial charge in [0.25, 0.3) is 0 Å². The summed E-state index contributed by atoms with van der Waals surface area (Å²) >= 11 is 0. The van der Waals surface area contributed by atoms with E-state index < -0.39 is 46.1 Å². The Bertz CT molecular complexity index is 665. The van der Waals surface area contributed by atoms with Gasteiger partial charge in [-0.15, -0.1) is 0 Å². The molecule has 0 amide bonds. The first-order valence-electron chi connectivity index (χ1n) is 5.68. The summed E-state index contributed by atoms with van der Waals surface area (Å²) in [6.45, 7) is 0.846. The summed E-state index contributed by atoms with van der Waals surface area (Å²) < 4.78 is 79.6. The molecule has 1 atom stereocenters. The molecule has 2 rings (SSSR count). The Balaban J connectivity index is 2.73. The van der Waals surface area contributed by atoms with Gasteiger partial charge < -0.3 is 5.11 Å². The van der Waals surface area contributed by atoms with Crippen LogP contribution in [0, 0.1) is 34.9 Å². The van der Waals surface area contributed by atoms with Crippen LogP contribution in [-0.2, 0) is 5.60 Å². The molecule has 2 aromatic carbocycles. The van der Waals surface area contributed by atoms with Gasteiger partial charge in [0.2, 0.25) is 5.82 Å². The van der Waals surface area contributed by atoms with E-state index in [1.54, 1.807) is 0 Å². The molecule has 1 N–H and O–H groups in total. The van der Waals surface area contributed by atoms with Crippen LogP contribution in [0.2, 0.25) is 0 Å². The third-order valence-corrected chi connectivity index (χ3v) is 3.10. The molecule has 0 heterocycles. The second kappa shape index (κ2) is 5.07. The van der Waals surface area contributed by atoms with Crippen molar-refractivity contribution in [3.63, 3.8) is 0 Å². The van der Waals surface area contributed by atoms with E-state index in [0.29, 0.717) is 0 Å². The molecule has 0 saturated carbocycles. The number of rotatable bonds is 2. The maximum atomic E-state index is 13.7. The SMILES string of the molecule is CC(O)(c1ccc(F)cc1)c1c(F)c(F)c(F)c(F)c1F. The van der Waals surface area contributed by atoms with Crippen molar-refractivity contribution in [1.29, 1.82) is 0 Å². The predicted octanol–water partition coefficient (Wildman–Crippen LogP) is 3.78. The van der Waals surface area contributed by atoms with Crippen molar-refractivity contribution in [2.75, 3.05) is 0 Å². The lowest BCUT2D eigenvalue weighted by Gasteiger charge is -2.25. The first kappa shape index (κ1) is 15.4. The second-order valence-corrected chi connectivity index (χ2v) is 4.52.